The van der Waals surface area contributed by atoms with Crippen molar-refractivity contribution in [2.45, 2.75) is 26.4 Å². The molecule has 0 saturated carbocycles. The molecule has 2 aromatic carbocycles. The van der Waals surface area contributed by atoms with Crippen LogP contribution >= 0.6 is 23.7 Å². The normalized spacial score (nSPS) is 13.5. The average Bonchev–Trinajstić information content (AvgIpc) is 2.86. The van der Waals surface area contributed by atoms with Gasteiger partial charge in [0.15, 0.2) is 5.75 Å². The fourth-order valence-corrected chi connectivity index (χ4v) is 4.89. The molecule has 1 aromatic heterocycles. The number of aromatic nitrogens is 1. The average molecular weight is 600 g/mol. The fourth-order valence-electron chi connectivity index (χ4n) is 3.79. The highest BCUT2D eigenvalue weighted by Crippen LogP contribution is 2.40. The van der Waals surface area contributed by atoms with Gasteiger partial charge in [-0.1, -0.05) is 23.7 Å². The number of aryl methyl sites for hydroxylation is 1. The zero-order valence-electron chi connectivity index (χ0n) is 21.7. The van der Waals surface area contributed by atoms with Crippen molar-refractivity contribution in [2.24, 2.45) is 7.05 Å². The SMILES string of the molecule is Cc1ccc(Nc2c(C(=O)NCC(F)(F)F)c(Oc3cccc(NSN4CCC4)c3Cl)c(C)c(=O)n2C)c(F)c1. The number of nitrogens with one attached hydrogen (secondary N) is 3. The van der Waals surface area contributed by atoms with E-state index in [1.165, 1.54) is 44.3 Å². The Balaban J connectivity index is 1.81. The fraction of sp³-hybridized carbons (Fsp3) is 0.308. The molecule has 0 spiro atoms. The summed E-state index contributed by atoms with van der Waals surface area (Å²) in [6.07, 6.45) is -3.63. The molecule has 2 heterocycles. The quantitative estimate of drug-likeness (QED) is 0.196. The number of rotatable bonds is 9. The van der Waals surface area contributed by atoms with Crippen LogP contribution < -0.4 is 25.7 Å². The molecule has 0 unspecified atom stereocenters. The summed E-state index contributed by atoms with van der Waals surface area (Å²) in [4.78, 5) is 26.4. The molecule has 1 saturated heterocycles. The third-order valence-corrected chi connectivity index (χ3v) is 7.42. The predicted octanol–water partition coefficient (Wildman–Crippen LogP) is 6.30. The number of pyridine rings is 1. The monoisotopic (exact) mass is 599 g/mol. The van der Waals surface area contributed by atoms with E-state index in [9.17, 15) is 27.2 Å². The van der Waals surface area contributed by atoms with E-state index in [0.717, 1.165) is 24.1 Å². The van der Waals surface area contributed by atoms with Gasteiger partial charge in [0.2, 0.25) is 0 Å². The van der Waals surface area contributed by atoms with Gasteiger partial charge in [0.25, 0.3) is 11.5 Å². The van der Waals surface area contributed by atoms with Gasteiger partial charge in [0.1, 0.15) is 34.5 Å². The summed E-state index contributed by atoms with van der Waals surface area (Å²) in [5, 5.41) is 4.63. The van der Waals surface area contributed by atoms with E-state index >= 15 is 0 Å². The molecule has 3 N–H and O–H groups in total. The number of nitrogens with zero attached hydrogens (tertiary/aromatic N) is 2. The van der Waals surface area contributed by atoms with Crippen LogP contribution in [0.4, 0.5) is 34.8 Å². The lowest BCUT2D eigenvalue weighted by Gasteiger charge is -2.29. The van der Waals surface area contributed by atoms with Gasteiger partial charge in [-0.15, -0.1) is 0 Å². The number of carbonyl (C=O) groups is 1. The van der Waals surface area contributed by atoms with Gasteiger partial charge in [-0.3, -0.25) is 14.2 Å². The van der Waals surface area contributed by atoms with Gasteiger partial charge < -0.3 is 20.1 Å². The number of carbonyl (C=O) groups excluding carboxylic acids is 1. The molecule has 1 fully saturated rings. The molecule has 1 aliphatic heterocycles. The molecule has 40 heavy (non-hydrogen) atoms. The molecular formula is C26H26ClF4N5O3S. The van der Waals surface area contributed by atoms with Crippen LogP contribution in [0.2, 0.25) is 5.02 Å². The van der Waals surface area contributed by atoms with Crippen LogP contribution in [0.25, 0.3) is 0 Å². The number of halogens is 5. The molecule has 4 rings (SSSR count). The summed E-state index contributed by atoms with van der Waals surface area (Å²) in [7, 11) is 1.30. The van der Waals surface area contributed by atoms with Crippen LogP contribution in [0.5, 0.6) is 11.5 Å². The molecule has 1 amide bonds. The first-order valence-corrected chi connectivity index (χ1v) is 13.3. The Morgan fingerprint density at radius 1 is 1.15 bits per heavy atom. The molecule has 14 heteroatoms. The Kier molecular flexibility index (Phi) is 8.86. The first-order chi connectivity index (χ1) is 18.9. The van der Waals surface area contributed by atoms with Gasteiger partial charge in [-0.25, -0.2) is 8.70 Å². The first kappa shape index (κ1) is 29.6. The van der Waals surface area contributed by atoms with Crippen LogP contribution in [-0.2, 0) is 7.05 Å². The third kappa shape index (κ3) is 6.65. The molecule has 0 radical (unpaired) electrons. The maximum Gasteiger partial charge on any atom is 0.405 e. The molecule has 0 aliphatic carbocycles. The van der Waals surface area contributed by atoms with E-state index in [0.29, 0.717) is 11.3 Å². The minimum Gasteiger partial charge on any atom is -0.454 e. The summed E-state index contributed by atoms with van der Waals surface area (Å²) < 4.78 is 65.9. The smallest absolute Gasteiger partial charge is 0.405 e. The zero-order chi connectivity index (χ0) is 29.2. The summed E-state index contributed by atoms with van der Waals surface area (Å²) in [6.45, 7) is 3.21. The lowest BCUT2D eigenvalue weighted by Crippen LogP contribution is -2.36. The van der Waals surface area contributed by atoms with Crippen molar-refractivity contribution in [3.63, 3.8) is 0 Å². The van der Waals surface area contributed by atoms with Gasteiger partial charge >= 0.3 is 6.18 Å². The van der Waals surface area contributed by atoms with E-state index < -0.39 is 35.6 Å². The van der Waals surface area contributed by atoms with Gasteiger partial charge in [0.05, 0.1) is 16.9 Å². The lowest BCUT2D eigenvalue weighted by atomic mass is 10.1. The number of alkyl halides is 3. The van der Waals surface area contributed by atoms with Crippen molar-refractivity contribution in [1.82, 2.24) is 14.2 Å². The lowest BCUT2D eigenvalue weighted by molar-refractivity contribution is -0.123. The largest absolute Gasteiger partial charge is 0.454 e. The first-order valence-electron chi connectivity index (χ1n) is 12.1. The number of benzene rings is 2. The number of anilines is 3. The van der Waals surface area contributed by atoms with E-state index in [4.69, 9.17) is 16.3 Å². The van der Waals surface area contributed by atoms with Crippen molar-refractivity contribution in [3.05, 3.63) is 74.3 Å². The highest BCUT2D eigenvalue weighted by molar-refractivity contribution is 7.98. The van der Waals surface area contributed by atoms with Crippen LogP contribution in [0.15, 0.2) is 41.2 Å². The summed E-state index contributed by atoms with van der Waals surface area (Å²) in [5.41, 5.74) is -0.139. The molecule has 214 valence electrons. The Morgan fingerprint density at radius 2 is 1.88 bits per heavy atom. The third-order valence-electron chi connectivity index (χ3n) is 6.09. The Bertz CT molecular complexity index is 1490. The van der Waals surface area contributed by atoms with Gasteiger partial charge in [-0.05, 0) is 50.1 Å². The number of ether oxygens (including phenoxy) is 1. The van der Waals surface area contributed by atoms with Crippen LogP contribution in [0, 0.1) is 19.7 Å². The molecule has 8 nitrogen and oxygen atoms in total. The molecule has 3 aromatic rings. The molecule has 1 aliphatic rings. The topological polar surface area (TPSA) is 87.6 Å². The van der Waals surface area contributed by atoms with Crippen LogP contribution in [-0.4, -0.2) is 40.6 Å². The van der Waals surface area contributed by atoms with Gasteiger partial charge in [0, 0.05) is 32.3 Å². The maximum atomic E-state index is 14.7. The van der Waals surface area contributed by atoms with E-state index in [2.05, 4.69) is 14.3 Å². The standard InChI is InChI=1S/C26H26ClF4N5O3S/c1-14-8-9-17(16(28)12-14)33-23-20(24(37)32-13-26(29,30)31)22(15(2)25(38)35(23)3)39-19-7-4-6-18(21(19)27)34-40-36-10-5-11-36/h4,6-9,12,33-34H,5,10-11,13H2,1-3H3,(H,32,37). The van der Waals surface area contributed by atoms with Crippen molar-refractivity contribution in [3.8, 4) is 11.5 Å². The Morgan fingerprint density at radius 3 is 2.50 bits per heavy atom. The highest BCUT2D eigenvalue weighted by Gasteiger charge is 2.32. The van der Waals surface area contributed by atoms with Crippen molar-refractivity contribution < 1.29 is 27.1 Å². The maximum absolute atomic E-state index is 14.7. The van der Waals surface area contributed by atoms with Crippen LogP contribution in [0.3, 0.4) is 0 Å². The second-order valence-corrected chi connectivity index (χ2v) is 10.4. The van der Waals surface area contributed by atoms with E-state index in [-0.39, 0.29) is 33.6 Å². The zero-order valence-corrected chi connectivity index (χ0v) is 23.3. The Labute approximate surface area is 236 Å². The predicted molar refractivity (Wildman–Crippen MR) is 148 cm³/mol. The summed E-state index contributed by atoms with van der Waals surface area (Å²) >= 11 is 7.92. The number of hydrogen-bond donors (Lipinski definition) is 3. The summed E-state index contributed by atoms with van der Waals surface area (Å²) in [6, 6.07) is 9.02. The summed E-state index contributed by atoms with van der Waals surface area (Å²) in [5.74, 6) is -2.44. The molecular weight excluding hydrogens is 574 g/mol. The highest BCUT2D eigenvalue weighted by atomic mass is 35.5. The second-order valence-electron chi connectivity index (χ2n) is 9.14. The van der Waals surface area contributed by atoms with Crippen molar-refractivity contribution >= 4 is 46.8 Å². The van der Waals surface area contributed by atoms with Gasteiger partial charge in [-0.2, -0.15) is 13.2 Å². The van der Waals surface area contributed by atoms with E-state index in [1.54, 1.807) is 25.1 Å². The van der Waals surface area contributed by atoms with E-state index in [1.807, 2.05) is 5.32 Å². The van der Waals surface area contributed by atoms with Crippen molar-refractivity contribution in [2.75, 3.05) is 29.7 Å². The molecule has 0 atom stereocenters. The molecule has 0 bridgehead atoms. The second kappa shape index (κ2) is 12.0. The van der Waals surface area contributed by atoms with Crippen molar-refractivity contribution in [1.29, 1.82) is 0 Å². The minimum atomic E-state index is -4.71. The number of hydrogen-bond acceptors (Lipinski definition) is 7. The minimum absolute atomic E-state index is 0.0459. The number of amides is 1. The van der Waals surface area contributed by atoms with Crippen LogP contribution in [0.1, 0.15) is 27.9 Å². The Hall–Kier alpha value is -3.42.